The van der Waals surface area contributed by atoms with Crippen LogP contribution in [0.25, 0.3) is 0 Å². The summed E-state index contributed by atoms with van der Waals surface area (Å²) in [5.74, 6) is 0.225. The van der Waals surface area contributed by atoms with Crippen molar-refractivity contribution in [1.29, 1.82) is 0 Å². The molecule has 0 aromatic heterocycles. The summed E-state index contributed by atoms with van der Waals surface area (Å²) in [6, 6.07) is 7.29. The molecule has 0 saturated heterocycles. The van der Waals surface area contributed by atoms with Crippen molar-refractivity contribution in [2.24, 2.45) is 5.92 Å². The van der Waals surface area contributed by atoms with E-state index >= 15 is 0 Å². The second kappa shape index (κ2) is 5.27. The quantitative estimate of drug-likeness (QED) is 0.629. The molecule has 1 fully saturated rings. The molecule has 0 amide bonds. The Kier molecular flexibility index (Phi) is 3.84. The average Bonchev–Trinajstić information content (AvgIpc) is 3.07. The van der Waals surface area contributed by atoms with Gasteiger partial charge < -0.3 is 9.47 Å². The first-order valence-corrected chi connectivity index (χ1v) is 6.77. The zero-order chi connectivity index (χ0) is 14.9. The van der Waals surface area contributed by atoms with Crippen LogP contribution in [0.1, 0.15) is 45.6 Å². The molecule has 20 heavy (non-hydrogen) atoms. The molecule has 1 aromatic rings. The highest BCUT2D eigenvalue weighted by atomic mass is 16.6. The fourth-order valence-electron chi connectivity index (χ4n) is 2.15. The molecule has 0 bridgehead atoms. The monoisotopic (exact) mass is 276 g/mol. The minimum Gasteiger partial charge on any atom is -0.460 e. The molecular formula is C16H20O4. The molecule has 0 N–H and O–H groups in total. The van der Waals surface area contributed by atoms with Gasteiger partial charge in [0.2, 0.25) is 0 Å². The van der Waals surface area contributed by atoms with Gasteiger partial charge in [0.15, 0.2) is 0 Å². The van der Waals surface area contributed by atoms with Crippen molar-refractivity contribution in [3.8, 4) is 5.75 Å². The van der Waals surface area contributed by atoms with Crippen molar-refractivity contribution in [1.82, 2.24) is 0 Å². The molecule has 1 aliphatic carbocycles. The van der Waals surface area contributed by atoms with Crippen LogP contribution in [-0.2, 0) is 14.3 Å². The van der Waals surface area contributed by atoms with Gasteiger partial charge in [-0.05, 0) is 50.8 Å². The Balaban J connectivity index is 1.95. The Bertz CT molecular complexity index is 510. The van der Waals surface area contributed by atoms with Crippen molar-refractivity contribution in [3.63, 3.8) is 0 Å². The first-order valence-electron chi connectivity index (χ1n) is 6.77. The number of esters is 2. The third kappa shape index (κ3) is 3.83. The van der Waals surface area contributed by atoms with Gasteiger partial charge in [-0.1, -0.05) is 12.1 Å². The lowest BCUT2D eigenvalue weighted by Gasteiger charge is -2.19. The largest absolute Gasteiger partial charge is 0.460 e. The minimum absolute atomic E-state index is 0.0474. The Morgan fingerprint density at radius 1 is 1.15 bits per heavy atom. The molecule has 0 heterocycles. The van der Waals surface area contributed by atoms with E-state index in [1.807, 2.05) is 32.9 Å². The van der Waals surface area contributed by atoms with Gasteiger partial charge >= 0.3 is 11.9 Å². The van der Waals surface area contributed by atoms with Crippen LogP contribution in [-0.4, -0.2) is 17.5 Å². The topological polar surface area (TPSA) is 52.6 Å². The molecular weight excluding hydrogens is 256 g/mol. The number of hydrogen-bond acceptors (Lipinski definition) is 4. The van der Waals surface area contributed by atoms with E-state index in [0.717, 1.165) is 12.0 Å². The van der Waals surface area contributed by atoms with E-state index in [0.29, 0.717) is 5.75 Å². The Morgan fingerprint density at radius 3 is 2.25 bits per heavy atom. The molecule has 2 unspecified atom stereocenters. The maximum Gasteiger partial charge on any atom is 0.310 e. The van der Waals surface area contributed by atoms with E-state index in [9.17, 15) is 9.59 Å². The fourth-order valence-corrected chi connectivity index (χ4v) is 2.15. The van der Waals surface area contributed by atoms with Crippen LogP contribution in [0.5, 0.6) is 5.75 Å². The number of rotatable bonds is 3. The van der Waals surface area contributed by atoms with Crippen LogP contribution in [0.15, 0.2) is 24.3 Å². The Morgan fingerprint density at radius 2 is 1.75 bits per heavy atom. The van der Waals surface area contributed by atoms with Gasteiger partial charge in [0.1, 0.15) is 11.4 Å². The van der Waals surface area contributed by atoms with Gasteiger partial charge in [0.05, 0.1) is 5.92 Å². The number of carbonyl (C=O) groups is 2. The number of hydrogen-bond donors (Lipinski definition) is 0. The normalized spacial score (nSPS) is 21.2. The molecule has 4 nitrogen and oxygen atoms in total. The van der Waals surface area contributed by atoms with Crippen LogP contribution in [0.3, 0.4) is 0 Å². The van der Waals surface area contributed by atoms with Crippen LogP contribution in [0.2, 0.25) is 0 Å². The first kappa shape index (κ1) is 14.6. The van der Waals surface area contributed by atoms with Crippen molar-refractivity contribution in [2.45, 2.75) is 45.6 Å². The van der Waals surface area contributed by atoms with E-state index in [-0.39, 0.29) is 23.8 Å². The standard InChI is InChI=1S/C16H20O4/c1-10(17)19-12-7-5-11(6-8-12)13-9-14(13)15(18)20-16(2,3)4/h5-8,13-14H,9H2,1-4H3. The summed E-state index contributed by atoms with van der Waals surface area (Å²) in [7, 11) is 0. The smallest absolute Gasteiger partial charge is 0.310 e. The molecule has 1 aromatic carbocycles. The summed E-state index contributed by atoms with van der Waals surface area (Å²) >= 11 is 0. The van der Waals surface area contributed by atoms with Crippen molar-refractivity contribution in [2.75, 3.05) is 0 Å². The average molecular weight is 276 g/mol. The molecule has 0 spiro atoms. The maximum absolute atomic E-state index is 11.9. The molecule has 4 heteroatoms. The summed E-state index contributed by atoms with van der Waals surface area (Å²) < 4.78 is 10.4. The van der Waals surface area contributed by atoms with Gasteiger partial charge in [-0.2, -0.15) is 0 Å². The zero-order valence-electron chi connectivity index (χ0n) is 12.3. The van der Waals surface area contributed by atoms with Crippen LogP contribution >= 0.6 is 0 Å². The molecule has 1 saturated carbocycles. The van der Waals surface area contributed by atoms with Crippen molar-refractivity contribution < 1.29 is 19.1 Å². The zero-order valence-corrected chi connectivity index (χ0v) is 12.3. The van der Waals surface area contributed by atoms with Crippen molar-refractivity contribution >= 4 is 11.9 Å². The fraction of sp³-hybridized carbons (Fsp3) is 0.500. The van der Waals surface area contributed by atoms with Gasteiger partial charge in [-0.3, -0.25) is 9.59 Å². The van der Waals surface area contributed by atoms with E-state index in [4.69, 9.17) is 9.47 Å². The van der Waals surface area contributed by atoms with Crippen LogP contribution in [0.4, 0.5) is 0 Å². The lowest BCUT2D eigenvalue weighted by molar-refractivity contribution is -0.156. The molecule has 2 rings (SSSR count). The number of ether oxygens (including phenoxy) is 2. The van der Waals surface area contributed by atoms with E-state index in [2.05, 4.69) is 0 Å². The Hall–Kier alpha value is -1.84. The third-order valence-electron chi connectivity index (χ3n) is 3.07. The van der Waals surface area contributed by atoms with E-state index < -0.39 is 5.60 Å². The number of carbonyl (C=O) groups excluding carboxylic acids is 2. The van der Waals surface area contributed by atoms with Gasteiger partial charge in [0, 0.05) is 6.92 Å². The second-order valence-corrected chi connectivity index (χ2v) is 6.14. The summed E-state index contributed by atoms with van der Waals surface area (Å²) in [6.07, 6.45) is 0.821. The first-order chi connectivity index (χ1) is 9.26. The molecule has 0 radical (unpaired) electrons. The summed E-state index contributed by atoms with van der Waals surface area (Å²) in [4.78, 5) is 22.8. The predicted octanol–water partition coefficient (Wildman–Crippen LogP) is 3.06. The van der Waals surface area contributed by atoms with Crippen molar-refractivity contribution in [3.05, 3.63) is 29.8 Å². The molecule has 0 aliphatic heterocycles. The predicted molar refractivity (Wildman–Crippen MR) is 74.4 cm³/mol. The summed E-state index contributed by atoms with van der Waals surface area (Å²) in [6.45, 7) is 6.98. The third-order valence-corrected chi connectivity index (χ3v) is 3.07. The van der Waals surface area contributed by atoms with Gasteiger partial charge in [-0.15, -0.1) is 0 Å². The van der Waals surface area contributed by atoms with E-state index in [1.165, 1.54) is 6.92 Å². The SMILES string of the molecule is CC(=O)Oc1ccc(C2CC2C(=O)OC(C)(C)C)cc1. The molecule has 1 aliphatic rings. The summed E-state index contributed by atoms with van der Waals surface area (Å²) in [5.41, 5.74) is 0.639. The lowest BCUT2D eigenvalue weighted by atomic mass is 10.1. The van der Waals surface area contributed by atoms with Crippen LogP contribution < -0.4 is 4.74 Å². The lowest BCUT2D eigenvalue weighted by Crippen LogP contribution is -2.25. The highest BCUT2D eigenvalue weighted by molar-refractivity contribution is 5.77. The molecule has 2 atom stereocenters. The highest BCUT2D eigenvalue weighted by Gasteiger charge is 2.46. The van der Waals surface area contributed by atoms with Crippen LogP contribution in [0, 0.1) is 5.92 Å². The second-order valence-electron chi connectivity index (χ2n) is 6.14. The number of benzene rings is 1. The van der Waals surface area contributed by atoms with Gasteiger partial charge in [-0.25, -0.2) is 0 Å². The van der Waals surface area contributed by atoms with Gasteiger partial charge in [0.25, 0.3) is 0 Å². The van der Waals surface area contributed by atoms with E-state index in [1.54, 1.807) is 12.1 Å². The highest BCUT2D eigenvalue weighted by Crippen LogP contribution is 2.48. The minimum atomic E-state index is -0.441. The molecule has 108 valence electrons. The Labute approximate surface area is 119 Å². The summed E-state index contributed by atoms with van der Waals surface area (Å²) in [5, 5.41) is 0. The maximum atomic E-state index is 11.9.